The standard InChI is InChI=1S/C24H22N4O7S/c1-13-6-5-9-15(10-13)25-24(34)26-17-11-16(23(32)33)28-21(31)18(22(28)36-17)27-20(30)19(35-12-29)14-7-3-2-4-8-14/h2-12,17-19,22H,1H3,(H,27,30)(H,32,33)(H2,25,26,34)/t17?,18?,19?,22-/m1/s1. The lowest BCUT2D eigenvalue weighted by Crippen LogP contribution is -2.71. The molecule has 4 atom stereocenters. The van der Waals surface area contributed by atoms with Gasteiger partial charge in [0.25, 0.3) is 18.3 Å². The van der Waals surface area contributed by atoms with Gasteiger partial charge in [0.2, 0.25) is 6.10 Å². The molecule has 0 aromatic heterocycles. The van der Waals surface area contributed by atoms with Crippen LogP contribution in [0.15, 0.2) is 66.4 Å². The van der Waals surface area contributed by atoms with E-state index < -0.39 is 46.7 Å². The van der Waals surface area contributed by atoms with Crippen LogP contribution in [0, 0.1) is 6.92 Å². The van der Waals surface area contributed by atoms with Gasteiger partial charge in [0, 0.05) is 11.3 Å². The van der Waals surface area contributed by atoms with Crippen molar-refractivity contribution in [1.82, 2.24) is 15.5 Å². The number of urea groups is 1. The predicted octanol–water partition coefficient (Wildman–Crippen LogP) is 1.73. The normalized spacial score (nSPS) is 21.1. The summed E-state index contributed by atoms with van der Waals surface area (Å²) in [5.41, 5.74) is 1.60. The Kier molecular flexibility index (Phi) is 7.25. The van der Waals surface area contributed by atoms with E-state index in [2.05, 4.69) is 16.0 Å². The molecular formula is C24H22N4O7S. The molecule has 0 aliphatic carbocycles. The summed E-state index contributed by atoms with van der Waals surface area (Å²) >= 11 is 1.09. The van der Waals surface area contributed by atoms with Crippen LogP contribution in [0.5, 0.6) is 0 Å². The van der Waals surface area contributed by atoms with Crippen molar-refractivity contribution in [2.45, 2.75) is 29.8 Å². The van der Waals surface area contributed by atoms with Crippen LogP contribution < -0.4 is 16.0 Å². The van der Waals surface area contributed by atoms with E-state index in [-0.39, 0.29) is 12.2 Å². The smallest absolute Gasteiger partial charge is 0.352 e. The second-order valence-corrected chi connectivity index (χ2v) is 9.25. The second-order valence-electron chi connectivity index (χ2n) is 7.99. The Morgan fingerprint density at radius 1 is 1.11 bits per heavy atom. The summed E-state index contributed by atoms with van der Waals surface area (Å²) in [6, 6.07) is 13.7. The quantitative estimate of drug-likeness (QED) is 0.309. The third-order valence-corrected chi connectivity index (χ3v) is 6.81. The van der Waals surface area contributed by atoms with E-state index in [1.54, 1.807) is 48.5 Å². The molecule has 3 unspecified atom stereocenters. The number of carboxylic acids is 1. The van der Waals surface area contributed by atoms with Crippen molar-refractivity contribution in [3.05, 3.63) is 77.5 Å². The van der Waals surface area contributed by atoms with Gasteiger partial charge in [0.15, 0.2) is 0 Å². The van der Waals surface area contributed by atoms with E-state index in [0.717, 1.165) is 22.2 Å². The maximum atomic E-state index is 12.9. The Labute approximate surface area is 209 Å². The lowest BCUT2D eigenvalue weighted by Gasteiger charge is -2.49. The summed E-state index contributed by atoms with van der Waals surface area (Å²) in [4.78, 5) is 62.0. The van der Waals surface area contributed by atoms with E-state index in [0.29, 0.717) is 11.3 Å². The van der Waals surface area contributed by atoms with Gasteiger partial charge in [-0.25, -0.2) is 9.59 Å². The van der Waals surface area contributed by atoms with Crippen molar-refractivity contribution in [3.63, 3.8) is 0 Å². The van der Waals surface area contributed by atoms with Gasteiger partial charge in [-0.3, -0.25) is 19.3 Å². The molecule has 2 aromatic carbocycles. The largest absolute Gasteiger partial charge is 0.477 e. The Bertz CT molecular complexity index is 1240. The summed E-state index contributed by atoms with van der Waals surface area (Å²) in [5, 5.41) is 15.9. The molecule has 2 aliphatic heterocycles. The number of anilines is 1. The van der Waals surface area contributed by atoms with Crippen LogP contribution >= 0.6 is 11.8 Å². The first-order chi connectivity index (χ1) is 17.3. The number of hydrogen-bond donors (Lipinski definition) is 4. The fraction of sp³-hybridized carbons (Fsp3) is 0.208. The highest BCUT2D eigenvalue weighted by atomic mass is 32.2. The molecular weight excluding hydrogens is 488 g/mol. The first-order valence-corrected chi connectivity index (χ1v) is 11.7. The number of nitrogens with zero attached hydrogens (tertiary/aromatic N) is 1. The van der Waals surface area contributed by atoms with Gasteiger partial charge in [-0.05, 0) is 30.7 Å². The molecule has 1 saturated heterocycles. The van der Waals surface area contributed by atoms with E-state index in [4.69, 9.17) is 4.74 Å². The van der Waals surface area contributed by atoms with Crippen molar-refractivity contribution < 1.29 is 33.8 Å². The Morgan fingerprint density at radius 3 is 2.53 bits per heavy atom. The van der Waals surface area contributed by atoms with E-state index in [1.165, 1.54) is 6.08 Å². The highest BCUT2D eigenvalue weighted by molar-refractivity contribution is 8.00. The van der Waals surface area contributed by atoms with E-state index >= 15 is 0 Å². The minimum atomic E-state index is -1.35. The van der Waals surface area contributed by atoms with Crippen molar-refractivity contribution >= 4 is 47.7 Å². The van der Waals surface area contributed by atoms with Crippen molar-refractivity contribution in [1.29, 1.82) is 0 Å². The van der Waals surface area contributed by atoms with Crippen LogP contribution in [0.3, 0.4) is 0 Å². The summed E-state index contributed by atoms with van der Waals surface area (Å²) in [7, 11) is 0. The first kappa shape index (κ1) is 24.8. The highest BCUT2D eigenvalue weighted by Crippen LogP contribution is 2.40. The molecule has 11 nitrogen and oxygen atoms in total. The van der Waals surface area contributed by atoms with Gasteiger partial charge in [-0.2, -0.15) is 0 Å². The number of carbonyl (C=O) groups is 5. The number of rotatable bonds is 8. The molecule has 2 aliphatic rings. The number of fused-ring (bicyclic) bond motifs is 1. The third kappa shape index (κ3) is 5.18. The Hall–Kier alpha value is -4.32. The van der Waals surface area contributed by atoms with Gasteiger partial charge < -0.3 is 25.8 Å². The molecule has 12 heteroatoms. The van der Waals surface area contributed by atoms with Crippen molar-refractivity contribution in [2.24, 2.45) is 0 Å². The zero-order valence-corrected chi connectivity index (χ0v) is 19.7. The molecule has 4 rings (SSSR count). The topological polar surface area (TPSA) is 154 Å². The van der Waals surface area contributed by atoms with Crippen molar-refractivity contribution in [3.8, 4) is 0 Å². The Balaban J connectivity index is 1.47. The number of carboxylic acid groups (broad SMARTS) is 1. The average molecular weight is 511 g/mol. The highest BCUT2D eigenvalue weighted by Gasteiger charge is 2.55. The van der Waals surface area contributed by atoms with Gasteiger partial charge in [-0.1, -0.05) is 42.5 Å². The van der Waals surface area contributed by atoms with Crippen LogP contribution in [0.1, 0.15) is 17.2 Å². The monoisotopic (exact) mass is 510 g/mol. The summed E-state index contributed by atoms with van der Waals surface area (Å²) in [6.07, 6.45) is -0.0278. The molecule has 0 saturated carbocycles. The number of aliphatic carboxylic acids is 1. The van der Waals surface area contributed by atoms with Crippen LogP contribution in [0.4, 0.5) is 10.5 Å². The minimum Gasteiger partial charge on any atom is -0.477 e. The molecule has 2 heterocycles. The molecule has 1 fully saturated rings. The van der Waals surface area contributed by atoms with Crippen molar-refractivity contribution in [2.75, 3.05) is 5.32 Å². The molecule has 2 aromatic rings. The molecule has 0 radical (unpaired) electrons. The summed E-state index contributed by atoms with van der Waals surface area (Å²) < 4.78 is 4.93. The minimum absolute atomic E-state index is 0.138. The zero-order chi connectivity index (χ0) is 25.8. The molecule has 36 heavy (non-hydrogen) atoms. The van der Waals surface area contributed by atoms with Crippen LogP contribution in [0.2, 0.25) is 0 Å². The zero-order valence-electron chi connectivity index (χ0n) is 18.9. The maximum absolute atomic E-state index is 12.9. The average Bonchev–Trinajstić information content (AvgIpc) is 2.85. The fourth-order valence-electron chi connectivity index (χ4n) is 3.88. The number of aryl methyl sites for hydroxylation is 1. The Morgan fingerprint density at radius 2 is 1.86 bits per heavy atom. The molecule has 0 spiro atoms. The first-order valence-electron chi connectivity index (χ1n) is 10.8. The number of benzene rings is 2. The lowest BCUT2D eigenvalue weighted by molar-refractivity contribution is -0.154. The number of ether oxygens (including phenoxy) is 1. The van der Waals surface area contributed by atoms with Crippen LogP contribution in [0.25, 0.3) is 0 Å². The molecule has 4 amide bonds. The third-order valence-electron chi connectivity index (χ3n) is 5.50. The van der Waals surface area contributed by atoms with Gasteiger partial charge in [-0.15, -0.1) is 11.8 Å². The molecule has 186 valence electrons. The van der Waals surface area contributed by atoms with E-state index in [1.807, 2.05) is 13.0 Å². The second kappa shape index (κ2) is 10.5. The summed E-state index contributed by atoms with van der Waals surface area (Å²) in [6.45, 7) is 2.01. The number of amides is 4. The van der Waals surface area contributed by atoms with E-state index in [9.17, 15) is 29.1 Å². The van der Waals surface area contributed by atoms with Crippen LogP contribution in [-0.2, 0) is 23.9 Å². The fourth-order valence-corrected chi connectivity index (χ4v) is 5.24. The van der Waals surface area contributed by atoms with Gasteiger partial charge in [0.05, 0.1) is 5.37 Å². The SMILES string of the molecule is Cc1cccc(NC(=O)NC2C=C(C(=O)O)N3C(=O)C(NC(=O)C(OC=O)c4ccccc4)[C@H]3S2)c1. The number of β-lactam (4-membered cyclic amide) rings is 1. The van der Waals surface area contributed by atoms with Gasteiger partial charge in [0.1, 0.15) is 17.1 Å². The van der Waals surface area contributed by atoms with Crippen LogP contribution in [-0.4, -0.2) is 57.1 Å². The number of thioether (sulfide) groups is 1. The molecule has 0 bridgehead atoms. The van der Waals surface area contributed by atoms with Gasteiger partial charge >= 0.3 is 12.0 Å². The number of nitrogens with one attached hydrogen (secondary N) is 3. The lowest BCUT2D eigenvalue weighted by atomic mass is 10.0. The number of hydrogen-bond acceptors (Lipinski definition) is 7. The maximum Gasteiger partial charge on any atom is 0.352 e. The summed E-state index contributed by atoms with van der Waals surface area (Å²) in [5.74, 6) is -2.72. The number of carbonyl (C=O) groups excluding carboxylic acids is 4. The molecule has 4 N–H and O–H groups in total. The predicted molar refractivity (Wildman–Crippen MR) is 129 cm³/mol.